The van der Waals surface area contributed by atoms with Crippen LogP contribution >= 0.6 is 11.8 Å². The summed E-state index contributed by atoms with van der Waals surface area (Å²) in [5.41, 5.74) is -0.185. The van der Waals surface area contributed by atoms with Crippen LogP contribution in [0.3, 0.4) is 0 Å². The summed E-state index contributed by atoms with van der Waals surface area (Å²) >= 11 is 1.47. The molecule has 0 aromatic carbocycles. The average Bonchev–Trinajstić information content (AvgIpc) is 2.16. The maximum absolute atomic E-state index is 11.8. The highest BCUT2D eigenvalue weighted by atomic mass is 32.2. The predicted molar refractivity (Wildman–Crippen MR) is 67.5 cm³/mol. The van der Waals surface area contributed by atoms with Crippen molar-refractivity contribution in [1.82, 2.24) is 10.3 Å². The van der Waals surface area contributed by atoms with E-state index >= 15 is 0 Å². The van der Waals surface area contributed by atoms with Gasteiger partial charge in [0.25, 0.3) is 0 Å². The summed E-state index contributed by atoms with van der Waals surface area (Å²) in [5.74, 6) is 0.0446. The van der Waals surface area contributed by atoms with Crippen LogP contribution in [0.2, 0.25) is 0 Å². The minimum Gasteiger partial charge on any atom is -0.351 e. The first-order valence-corrected chi connectivity index (χ1v) is 6.16. The first-order chi connectivity index (χ1) is 7.38. The van der Waals surface area contributed by atoms with Gasteiger partial charge in [-0.15, -0.1) is 0 Å². The van der Waals surface area contributed by atoms with Crippen LogP contribution in [0.4, 0.5) is 0 Å². The normalized spacial score (nSPS) is 13.2. The van der Waals surface area contributed by atoms with Crippen LogP contribution in [-0.4, -0.2) is 21.7 Å². The van der Waals surface area contributed by atoms with Crippen molar-refractivity contribution in [3.8, 4) is 0 Å². The number of thioether (sulfide) groups is 1. The van der Waals surface area contributed by atoms with Crippen LogP contribution in [0.5, 0.6) is 0 Å². The van der Waals surface area contributed by atoms with Crippen molar-refractivity contribution in [3.63, 3.8) is 0 Å². The van der Waals surface area contributed by atoms with Gasteiger partial charge in [-0.05, 0) is 39.8 Å². The van der Waals surface area contributed by atoms with Crippen molar-refractivity contribution in [2.45, 2.75) is 43.5 Å². The van der Waals surface area contributed by atoms with Gasteiger partial charge in [0.2, 0.25) is 5.91 Å². The molecule has 1 aromatic rings. The third kappa shape index (κ3) is 4.66. The Hall–Kier alpha value is -1.03. The highest BCUT2D eigenvalue weighted by molar-refractivity contribution is 8.00. The van der Waals surface area contributed by atoms with Gasteiger partial charge in [0, 0.05) is 11.7 Å². The van der Waals surface area contributed by atoms with Gasteiger partial charge >= 0.3 is 0 Å². The Morgan fingerprint density at radius 2 is 2.12 bits per heavy atom. The lowest BCUT2D eigenvalue weighted by atomic mass is 10.1. The van der Waals surface area contributed by atoms with E-state index in [-0.39, 0.29) is 16.7 Å². The van der Waals surface area contributed by atoms with Crippen LogP contribution in [0, 0.1) is 0 Å². The average molecular weight is 238 g/mol. The molecule has 1 heterocycles. The fourth-order valence-electron chi connectivity index (χ4n) is 1.12. The van der Waals surface area contributed by atoms with E-state index < -0.39 is 0 Å². The van der Waals surface area contributed by atoms with Gasteiger partial charge in [0.15, 0.2) is 0 Å². The second kappa shape index (κ2) is 5.34. The molecular formula is C12H18N2OS. The molecule has 0 spiro atoms. The Morgan fingerprint density at radius 1 is 1.44 bits per heavy atom. The lowest BCUT2D eigenvalue weighted by molar-refractivity contribution is -0.121. The molecule has 0 fully saturated rings. The SMILES string of the molecule is CC(Sc1ccccn1)C(=O)NC(C)(C)C. The van der Waals surface area contributed by atoms with E-state index in [1.807, 2.05) is 45.9 Å². The number of hydrogen-bond acceptors (Lipinski definition) is 3. The van der Waals surface area contributed by atoms with E-state index in [0.717, 1.165) is 5.03 Å². The number of amides is 1. The van der Waals surface area contributed by atoms with Crippen LogP contribution < -0.4 is 5.32 Å². The molecule has 1 aromatic heterocycles. The van der Waals surface area contributed by atoms with E-state index in [4.69, 9.17) is 0 Å². The van der Waals surface area contributed by atoms with Crippen molar-refractivity contribution >= 4 is 17.7 Å². The first-order valence-electron chi connectivity index (χ1n) is 5.28. The van der Waals surface area contributed by atoms with Gasteiger partial charge in [0.1, 0.15) is 0 Å². The molecule has 0 radical (unpaired) electrons. The zero-order chi connectivity index (χ0) is 12.2. The Labute approximate surface area is 101 Å². The summed E-state index contributed by atoms with van der Waals surface area (Å²) in [5, 5.41) is 3.70. The van der Waals surface area contributed by atoms with Crippen molar-refractivity contribution in [1.29, 1.82) is 0 Å². The Bertz CT molecular complexity index is 346. The Morgan fingerprint density at radius 3 is 2.62 bits per heavy atom. The van der Waals surface area contributed by atoms with E-state index in [1.54, 1.807) is 6.20 Å². The maximum atomic E-state index is 11.8. The summed E-state index contributed by atoms with van der Waals surface area (Å²) in [6.45, 7) is 7.82. The molecule has 1 atom stereocenters. The molecule has 1 unspecified atom stereocenters. The van der Waals surface area contributed by atoms with Crippen molar-refractivity contribution < 1.29 is 4.79 Å². The van der Waals surface area contributed by atoms with Crippen molar-refractivity contribution in [2.24, 2.45) is 0 Å². The molecule has 88 valence electrons. The molecule has 0 aliphatic rings. The fraction of sp³-hybridized carbons (Fsp3) is 0.500. The van der Waals surface area contributed by atoms with Crippen LogP contribution in [0.25, 0.3) is 0 Å². The molecule has 0 aliphatic heterocycles. The van der Waals surface area contributed by atoms with Gasteiger partial charge < -0.3 is 5.32 Å². The number of rotatable bonds is 3. The monoisotopic (exact) mass is 238 g/mol. The smallest absolute Gasteiger partial charge is 0.233 e. The highest BCUT2D eigenvalue weighted by Crippen LogP contribution is 2.20. The van der Waals surface area contributed by atoms with E-state index in [1.165, 1.54) is 11.8 Å². The van der Waals surface area contributed by atoms with Gasteiger partial charge in [-0.3, -0.25) is 4.79 Å². The standard InChI is InChI=1S/C12H18N2OS/c1-9(11(15)14-12(2,3)4)16-10-7-5-6-8-13-10/h5-9H,1-4H3,(H,14,15). The molecule has 1 N–H and O–H groups in total. The highest BCUT2D eigenvalue weighted by Gasteiger charge is 2.20. The number of nitrogens with one attached hydrogen (secondary N) is 1. The Kier molecular flexibility index (Phi) is 4.35. The summed E-state index contributed by atoms with van der Waals surface area (Å²) < 4.78 is 0. The quantitative estimate of drug-likeness (QED) is 0.823. The van der Waals surface area contributed by atoms with E-state index in [2.05, 4.69) is 10.3 Å². The van der Waals surface area contributed by atoms with E-state index in [0.29, 0.717) is 0 Å². The van der Waals surface area contributed by atoms with Crippen LogP contribution in [0.15, 0.2) is 29.4 Å². The minimum atomic E-state index is -0.185. The topological polar surface area (TPSA) is 42.0 Å². The minimum absolute atomic E-state index is 0.0446. The molecule has 16 heavy (non-hydrogen) atoms. The third-order valence-corrected chi connectivity index (χ3v) is 2.85. The lowest BCUT2D eigenvalue weighted by Gasteiger charge is -2.22. The van der Waals surface area contributed by atoms with Crippen molar-refractivity contribution in [2.75, 3.05) is 0 Å². The van der Waals surface area contributed by atoms with E-state index in [9.17, 15) is 4.79 Å². The zero-order valence-corrected chi connectivity index (χ0v) is 11.0. The molecule has 0 bridgehead atoms. The number of pyridine rings is 1. The van der Waals surface area contributed by atoms with Crippen LogP contribution in [-0.2, 0) is 4.79 Å². The second-order valence-corrected chi connectivity index (χ2v) is 6.03. The van der Waals surface area contributed by atoms with Crippen molar-refractivity contribution in [3.05, 3.63) is 24.4 Å². The predicted octanol–water partition coefficient (Wildman–Crippen LogP) is 2.48. The summed E-state index contributed by atoms with van der Waals surface area (Å²) in [6, 6.07) is 5.69. The first kappa shape index (κ1) is 13.0. The molecule has 4 heteroatoms. The number of carbonyl (C=O) groups is 1. The number of nitrogens with zero attached hydrogens (tertiary/aromatic N) is 1. The number of aromatic nitrogens is 1. The zero-order valence-electron chi connectivity index (χ0n) is 10.2. The molecule has 0 saturated heterocycles. The summed E-state index contributed by atoms with van der Waals surface area (Å²) in [4.78, 5) is 16.0. The number of carbonyl (C=O) groups excluding carboxylic acids is 1. The molecule has 1 amide bonds. The summed E-state index contributed by atoms with van der Waals surface area (Å²) in [6.07, 6.45) is 1.73. The van der Waals surface area contributed by atoms with Crippen LogP contribution in [0.1, 0.15) is 27.7 Å². The third-order valence-electron chi connectivity index (χ3n) is 1.80. The van der Waals surface area contributed by atoms with Gasteiger partial charge in [-0.25, -0.2) is 4.98 Å². The van der Waals surface area contributed by atoms with Gasteiger partial charge in [-0.1, -0.05) is 17.8 Å². The number of hydrogen-bond donors (Lipinski definition) is 1. The van der Waals surface area contributed by atoms with Gasteiger partial charge in [-0.2, -0.15) is 0 Å². The fourth-order valence-corrected chi connectivity index (χ4v) is 1.93. The molecule has 0 saturated carbocycles. The second-order valence-electron chi connectivity index (χ2n) is 4.67. The lowest BCUT2D eigenvalue weighted by Crippen LogP contribution is -2.44. The van der Waals surface area contributed by atoms with Gasteiger partial charge in [0.05, 0.1) is 10.3 Å². The summed E-state index contributed by atoms with van der Waals surface area (Å²) in [7, 11) is 0. The maximum Gasteiger partial charge on any atom is 0.233 e. The largest absolute Gasteiger partial charge is 0.351 e. The molecule has 0 aliphatic carbocycles. The molecule has 3 nitrogen and oxygen atoms in total. The Balaban J connectivity index is 2.53. The molecule has 1 rings (SSSR count). The molecular weight excluding hydrogens is 220 g/mol.